The molecule has 1 amide bonds. The second kappa shape index (κ2) is 9.59. The molecule has 0 spiro atoms. The Kier molecular flexibility index (Phi) is 6.67. The first kappa shape index (κ1) is 20.2. The van der Waals surface area contributed by atoms with Crippen LogP contribution >= 0.6 is 0 Å². The van der Waals surface area contributed by atoms with Crippen molar-refractivity contribution in [3.05, 3.63) is 71.4 Å². The molecule has 0 aliphatic rings. The Morgan fingerprint density at radius 2 is 1.79 bits per heavy atom. The van der Waals surface area contributed by atoms with Crippen LogP contribution in [-0.4, -0.2) is 35.7 Å². The highest BCUT2D eigenvalue weighted by Gasteiger charge is 2.11. The van der Waals surface area contributed by atoms with Crippen molar-refractivity contribution in [2.45, 2.75) is 19.3 Å². The van der Waals surface area contributed by atoms with Gasteiger partial charge in [-0.2, -0.15) is 4.98 Å². The number of rotatable bonds is 8. The van der Waals surface area contributed by atoms with E-state index in [4.69, 9.17) is 4.52 Å². The van der Waals surface area contributed by atoms with E-state index in [1.54, 1.807) is 24.3 Å². The summed E-state index contributed by atoms with van der Waals surface area (Å²) in [4.78, 5) is 27.6. The molecule has 29 heavy (non-hydrogen) atoms. The highest BCUT2D eigenvalue weighted by molar-refractivity contribution is 5.89. The lowest BCUT2D eigenvalue weighted by atomic mass is 10.1. The molecule has 3 aromatic rings. The van der Waals surface area contributed by atoms with Crippen LogP contribution in [0.15, 0.2) is 53.1 Å². The van der Waals surface area contributed by atoms with Crippen LogP contribution in [0.4, 0.5) is 4.39 Å². The SMILES string of the molecule is COC(=O)c1ccc(CCNC(=O)CCc2nc(-c3ccc(F)cc3)no2)cc1. The van der Waals surface area contributed by atoms with Crippen molar-refractivity contribution in [3.8, 4) is 11.4 Å². The Labute approximate surface area is 166 Å². The van der Waals surface area contributed by atoms with Crippen LogP contribution in [0.3, 0.4) is 0 Å². The van der Waals surface area contributed by atoms with Crippen LogP contribution in [0.1, 0.15) is 28.2 Å². The van der Waals surface area contributed by atoms with Crippen LogP contribution in [0.5, 0.6) is 0 Å². The summed E-state index contributed by atoms with van der Waals surface area (Å²) < 4.78 is 22.8. The van der Waals surface area contributed by atoms with Gasteiger partial charge in [-0.15, -0.1) is 0 Å². The normalized spacial score (nSPS) is 10.6. The molecule has 8 heteroatoms. The molecule has 0 radical (unpaired) electrons. The summed E-state index contributed by atoms with van der Waals surface area (Å²) in [6.45, 7) is 0.473. The molecule has 0 atom stereocenters. The van der Waals surface area contributed by atoms with Crippen LogP contribution in [0.2, 0.25) is 0 Å². The number of ether oxygens (including phenoxy) is 1. The maximum atomic E-state index is 13.0. The molecule has 1 N–H and O–H groups in total. The predicted molar refractivity (Wildman–Crippen MR) is 103 cm³/mol. The van der Waals surface area contributed by atoms with E-state index in [-0.39, 0.29) is 24.1 Å². The number of hydrogen-bond acceptors (Lipinski definition) is 6. The van der Waals surface area contributed by atoms with Crippen molar-refractivity contribution >= 4 is 11.9 Å². The highest BCUT2D eigenvalue weighted by Crippen LogP contribution is 2.16. The van der Waals surface area contributed by atoms with Crippen molar-refractivity contribution < 1.29 is 23.2 Å². The van der Waals surface area contributed by atoms with Gasteiger partial charge in [-0.25, -0.2) is 9.18 Å². The lowest BCUT2D eigenvalue weighted by Crippen LogP contribution is -2.25. The van der Waals surface area contributed by atoms with Crippen LogP contribution in [0, 0.1) is 5.82 Å². The van der Waals surface area contributed by atoms with E-state index in [2.05, 4.69) is 20.2 Å². The fourth-order valence-electron chi connectivity index (χ4n) is 2.65. The fourth-order valence-corrected chi connectivity index (χ4v) is 2.65. The van der Waals surface area contributed by atoms with E-state index in [1.165, 1.54) is 19.2 Å². The van der Waals surface area contributed by atoms with E-state index in [1.807, 2.05) is 12.1 Å². The molecular formula is C21H20FN3O4. The van der Waals surface area contributed by atoms with Crippen molar-refractivity contribution in [2.75, 3.05) is 13.7 Å². The Balaban J connectivity index is 1.41. The lowest BCUT2D eigenvalue weighted by molar-refractivity contribution is -0.121. The molecule has 0 unspecified atom stereocenters. The summed E-state index contributed by atoms with van der Waals surface area (Å²) in [5, 5.41) is 6.68. The Bertz CT molecular complexity index is 968. The quantitative estimate of drug-likeness (QED) is 0.588. The number of carbonyl (C=O) groups is 2. The average molecular weight is 397 g/mol. The molecule has 3 rings (SSSR count). The number of hydrogen-bond donors (Lipinski definition) is 1. The first-order valence-electron chi connectivity index (χ1n) is 9.07. The third kappa shape index (κ3) is 5.71. The Hall–Kier alpha value is -3.55. The summed E-state index contributed by atoms with van der Waals surface area (Å²) in [7, 11) is 1.34. The topological polar surface area (TPSA) is 94.3 Å². The van der Waals surface area contributed by atoms with Gasteiger partial charge in [0.2, 0.25) is 17.6 Å². The van der Waals surface area contributed by atoms with Gasteiger partial charge in [0.05, 0.1) is 12.7 Å². The molecule has 1 aromatic heterocycles. The van der Waals surface area contributed by atoms with Gasteiger partial charge in [-0.1, -0.05) is 17.3 Å². The van der Waals surface area contributed by atoms with E-state index in [0.717, 1.165) is 5.56 Å². The number of nitrogens with one attached hydrogen (secondary N) is 1. The lowest BCUT2D eigenvalue weighted by Gasteiger charge is -2.05. The number of esters is 1. The standard InChI is InChI=1S/C21H20FN3O4/c1-28-21(27)16-4-2-14(3-5-16)12-13-23-18(26)10-11-19-24-20(25-29-19)15-6-8-17(22)9-7-15/h2-9H,10-13H2,1H3,(H,23,26). The average Bonchev–Trinajstić information content (AvgIpc) is 3.22. The smallest absolute Gasteiger partial charge is 0.337 e. The van der Waals surface area contributed by atoms with Gasteiger partial charge in [0.15, 0.2) is 0 Å². The van der Waals surface area contributed by atoms with Gasteiger partial charge in [0.1, 0.15) is 5.82 Å². The number of nitrogens with zero attached hydrogens (tertiary/aromatic N) is 2. The van der Waals surface area contributed by atoms with Crippen molar-refractivity contribution in [3.63, 3.8) is 0 Å². The first-order valence-corrected chi connectivity index (χ1v) is 9.07. The number of aromatic nitrogens is 2. The van der Waals surface area contributed by atoms with Crippen molar-refractivity contribution in [1.82, 2.24) is 15.5 Å². The number of carbonyl (C=O) groups excluding carboxylic acids is 2. The Morgan fingerprint density at radius 1 is 1.07 bits per heavy atom. The molecule has 7 nitrogen and oxygen atoms in total. The number of halogens is 1. The second-order valence-corrected chi connectivity index (χ2v) is 6.31. The number of methoxy groups -OCH3 is 1. The van der Waals surface area contributed by atoms with E-state index < -0.39 is 0 Å². The van der Waals surface area contributed by atoms with Crippen LogP contribution in [-0.2, 0) is 22.4 Å². The molecule has 1 heterocycles. The zero-order valence-electron chi connectivity index (χ0n) is 15.9. The summed E-state index contributed by atoms with van der Waals surface area (Å²) in [6, 6.07) is 12.8. The van der Waals surface area contributed by atoms with Gasteiger partial charge < -0.3 is 14.6 Å². The summed E-state index contributed by atoms with van der Waals surface area (Å²) in [5.41, 5.74) is 2.13. The summed E-state index contributed by atoms with van der Waals surface area (Å²) in [5.74, 6) is -0.145. The van der Waals surface area contributed by atoms with Gasteiger partial charge in [-0.05, 0) is 48.4 Å². The van der Waals surface area contributed by atoms with E-state index >= 15 is 0 Å². The van der Waals surface area contributed by atoms with Gasteiger partial charge >= 0.3 is 5.97 Å². The van der Waals surface area contributed by atoms with Crippen LogP contribution < -0.4 is 5.32 Å². The molecule has 2 aromatic carbocycles. The largest absolute Gasteiger partial charge is 0.465 e. The minimum atomic E-state index is -0.381. The predicted octanol–water partition coefficient (Wildman–Crippen LogP) is 2.95. The van der Waals surface area contributed by atoms with E-state index in [0.29, 0.717) is 42.2 Å². The zero-order chi connectivity index (χ0) is 20.6. The molecule has 0 saturated heterocycles. The first-order chi connectivity index (χ1) is 14.0. The second-order valence-electron chi connectivity index (χ2n) is 6.31. The minimum absolute atomic E-state index is 0.127. The molecule has 0 fully saturated rings. The monoisotopic (exact) mass is 397 g/mol. The fraction of sp³-hybridized carbons (Fsp3) is 0.238. The summed E-state index contributed by atoms with van der Waals surface area (Å²) in [6.07, 6.45) is 1.17. The van der Waals surface area contributed by atoms with Gasteiger partial charge in [0.25, 0.3) is 0 Å². The molecule has 150 valence electrons. The number of amides is 1. The van der Waals surface area contributed by atoms with Crippen LogP contribution in [0.25, 0.3) is 11.4 Å². The maximum Gasteiger partial charge on any atom is 0.337 e. The third-order valence-corrected chi connectivity index (χ3v) is 4.25. The maximum absolute atomic E-state index is 13.0. The van der Waals surface area contributed by atoms with Crippen molar-refractivity contribution in [2.24, 2.45) is 0 Å². The molecule has 0 aliphatic carbocycles. The number of aryl methyl sites for hydroxylation is 1. The molecular weight excluding hydrogens is 377 g/mol. The van der Waals surface area contributed by atoms with Crippen molar-refractivity contribution in [1.29, 1.82) is 0 Å². The van der Waals surface area contributed by atoms with Gasteiger partial charge in [0, 0.05) is 24.9 Å². The Morgan fingerprint density at radius 3 is 2.48 bits per heavy atom. The highest BCUT2D eigenvalue weighted by atomic mass is 19.1. The van der Waals surface area contributed by atoms with E-state index in [9.17, 15) is 14.0 Å². The number of benzene rings is 2. The molecule has 0 bridgehead atoms. The summed E-state index contributed by atoms with van der Waals surface area (Å²) >= 11 is 0. The molecule has 0 aliphatic heterocycles. The molecule has 0 saturated carbocycles. The zero-order valence-corrected chi connectivity index (χ0v) is 15.9. The van der Waals surface area contributed by atoms with Gasteiger partial charge in [-0.3, -0.25) is 4.79 Å². The minimum Gasteiger partial charge on any atom is -0.465 e. The third-order valence-electron chi connectivity index (χ3n) is 4.25.